The molecule has 1 heterocycles. The van der Waals surface area contributed by atoms with Gasteiger partial charge in [0.2, 0.25) is 0 Å². The van der Waals surface area contributed by atoms with Gasteiger partial charge in [0.25, 0.3) is 15.9 Å². The molecule has 0 aromatic heterocycles. The molecule has 114 valence electrons. The van der Waals surface area contributed by atoms with E-state index in [1.807, 2.05) is 0 Å². The molecule has 22 heavy (non-hydrogen) atoms. The summed E-state index contributed by atoms with van der Waals surface area (Å²) in [7, 11) is -4.06. The van der Waals surface area contributed by atoms with Crippen molar-refractivity contribution in [3.63, 3.8) is 0 Å². The normalized spacial score (nSPS) is 13.6. The van der Waals surface area contributed by atoms with Crippen molar-refractivity contribution in [3.8, 4) is 0 Å². The minimum atomic E-state index is -4.06. The number of anilines is 1. The fourth-order valence-corrected chi connectivity index (χ4v) is 3.73. The van der Waals surface area contributed by atoms with Gasteiger partial charge in [0.15, 0.2) is 0 Å². The number of carbonyl (C=O) groups is 1. The summed E-state index contributed by atoms with van der Waals surface area (Å²) < 4.78 is 40.1. The lowest BCUT2D eigenvalue weighted by Crippen LogP contribution is -2.15. The Morgan fingerprint density at radius 3 is 2.73 bits per heavy atom. The standard InChI is InChI=1S/C14H10ClFN2O3S/c15-12-4-2-9(16)5-13(12)22(20,21)18-10-3-1-8-7-17-14(19)11(8)6-10/h1-6,18H,7H2,(H,17,19). The predicted octanol–water partition coefficient (Wildman–Crippen LogP) is 2.52. The van der Waals surface area contributed by atoms with Crippen LogP contribution in [0.15, 0.2) is 41.3 Å². The van der Waals surface area contributed by atoms with Crippen molar-refractivity contribution in [2.24, 2.45) is 0 Å². The van der Waals surface area contributed by atoms with E-state index in [2.05, 4.69) is 10.0 Å². The lowest BCUT2D eigenvalue weighted by Gasteiger charge is -2.10. The maximum atomic E-state index is 13.2. The number of sulfonamides is 1. The maximum absolute atomic E-state index is 13.2. The number of benzene rings is 2. The summed E-state index contributed by atoms with van der Waals surface area (Å²) in [6.07, 6.45) is 0. The number of fused-ring (bicyclic) bond motifs is 1. The predicted molar refractivity (Wildman–Crippen MR) is 79.8 cm³/mol. The molecule has 0 saturated carbocycles. The zero-order chi connectivity index (χ0) is 15.9. The molecule has 2 aromatic carbocycles. The summed E-state index contributed by atoms with van der Waals surface area (Å²) in [5.41, 5.74) is 1.40. The van der Waals surface area contributed by atoms with Crippen LogP contribution < -0.4 is 10.0 Å². The molecule has 3 rings (SSSR count). The average molecular weight is 341 g/mol. The maximum Gasteiger partial charge on any atom is 0.263 e. The SMILES string of the molecule is O=C1NCc2ccc(NS(=O)(=O)c3cc(F)ccc3Cl)cc21. The number of hydrogen-bond donors (Lipinski definition) is 2. The van der Waals surface area contributed by atoms with Gasteiger partial charge in [-0.1, -0.05) is 17.7 Å². The van der Waals surface area contributed by atoms with Gasteiger partial charge in [-0.3, -0.25) is 9.52 Å². The number of carbonyl (C=O) groups excluding carboxylic acids is 1. The van der Waals surface area contributed by atoms with Crippen molar-refractivity contribution in [2.75, 3.05) is 4.72 Å². The summed E-state index contributed by atoms with van der Waals surface area (Å²) in [4.78, 5) is 11.2. The van der Waals surface area contributed by atoms with Crippen LogP contribution in [-0.4, -0.2) is 14.3 Å². The molecule has 2 N–H and O–H groups in total. The van der Waals surface area contributed by atoms with Crippen LogP contribution in [0.1, 0.15) is 15.9 Å². The summed E-state index contributed by atoms with van der Waals surface area (Å²) in [6, 6.07) is 7.69. The van der Waals surface area contributed by atoms with Gasteiger partial charge in [-0.25, -0.2) is 12.8 Å². The lowest BCUT2D eigenvalue weighted by atomic mass is 10.1. The van der Waals surface area contributed by atoms with Crippen LogP contribution in [0.3, 0.4) is 0 Å². The molecule has 0 bridgehead atoms. The second-order valence-electron chi connectivity index (χ2n) is 4.73. The number of amides is 1. The highest BCUT2D eigenvalue weighted by molar-refractivity contribution is 7.92. The Morgan fingerprint density at radius 1 is 1.18 bits per heavy atom. The molecule has 0 fully saturated rings. The molecule has 0 aliphatic carbocycles. The van der Waals surface area contributed by atoms with Gasteiger partial charge in [-0.2, -0.15) is 0 Å². The molecule has 2 aromatic rings. The van der Waals surface area contributed by atoms with Crippen LogP contribution in [0.5, 0.6) is 0 Å². The van der Waals surface area contributed by atoms with Gasteiger partial charge >= 0.3 is 0 Å². The highest BCUT2D eigenvalue weighted by Crippen LogP contribution is 2.26. The molecule has 1 aliphatic heterocycles. The highest BCUT2D eigenvalue weighted by atomic mass is 35.5. The van der Waals surface area contributed by atoms with E-state index >= 15 is 0 Å². The zero-order valence-electron chi connectivity index (χ0n) is 11.1. The topological polar surface area (TPSA) is 75.3 Å². The van der Waals surface area contributed by atoms with Gasteiger partial charge in [-0.05, 0) is 35.9 Å². The molecule has 8 heteroatoms. The van der Waals surface area contributed by atoms with E-state index in [1.54, 1.807) is 6.07 Å². The second-order valence-corrected chi connectivity index (χ2v) is 6.79. The summed E-state index contributed by atoms with van der Waals surface area (Å²) >= 11 is 5.81. The smallest absolute Gasteiger partial charge is 0.263 e. The Bertz CT molecular complexity index is 884. The average Bonchev–Trinajstić information content (AvgIpc) is 2.82. The Labute approximate surface area is 131 Å². The van der Waals surface area contributed by atoms with Crippen LogP contribution in [0, 0.1) is 5.82 Å². The van der Waals surface area contributed by atoms with E-state index in [0.29, 0.717) is 12.1 Å². The van der Waals surface area contributed by atoms with Crippen molar-refractivity contribution in [1.82, 2.24) is 5.32 Å². The van der Waals surface area contributed by atoms with Crippen molar-refractivity contribution >= 4 is 33.2 Å². The van der Waals surface area contributed by atoms with Gasteiger partial charge in [0.1, 0.15) is 10.7 Å². The van der Waals surface area contributed by atoms with Crippen molar-refractivity contribution < 1.29 is 17.6 Å². The van der Waals surface area contributed by atoms with Gasteiger partial charge in [-0.15, -0.1) is 0 Å². The molecule has 1 amide bonds. The molecule has 1 aliphatic rings. The van der Waals surface area contributed by atoms with Crippen LogP contribution in [0.4, 0.5) is 10.1 Å². The fraction of sp³-hybridized carbons (Fsp3) is 0.0714. The van der Waals surface area contributed by atoms with Crippen LogP contribution >= 0.6 is 11.6 Å². The molecule has 0 saturated heterocycles. The molecule has 0 radical (unpaired) electrons. The second kappa shape index (κ2) is 5.26. The van der Waals surface area contributed by atoms with Crippen molar-refractivity contribution in [2.45, 2.75) is 11.4 Å². The Hall–Kier alpha value is -2.12. The Balaban J connectivity index is 1.97. The Morgan fingerprint density at radius 2 is 1.95 bits per heavy atom. The van der Waals surface area contributed by atoms with E-state index in [1.165, 1.54) is 18.2 Å². The first-order valence-electron chi connectivity index (χ1n) is 6.26. The highest BCUT2D eigenvalue weighted by Gasteiger charge is 2.22. The number of halogens is 2. The summed E-state index contributed by atoms with van der Waals surface area (Å²) in [5.74, 6) is -0.974. The summed E-state index contributed by atoms with van der Waals surface area (Å²) in [6.45, 7) is 0.414. The first kappa shape index (κ1) is 14.8. The first-order chi connectivity index (χ1) is 10.4. The van der Waals surface area contributed by atoms with Gasteiger partial charge in [0.05, 0.1) is 5.02 Å². The van der Waals surface area contributed by atoms with Gasteiger partial charge in [0, 0.05) is 17.8 Å². The third-order valence-electron chi connectivity index (χ3n) is 3.23. The number of nitrogens with one attached hydrogen (secondary N) is 2. The quantitative estimate of drug-likeness (QED) is 0.901. The molecular weight excluding hydrogens is 331 g/mol. The third-order valence-corrected chi connectivity index (χ3v) is 5.09. The zero-order valence-corrected chi connectivity index (χ0v) is 12.6. The number of rotatable bonds is 3. The minimum Gasteiger partial charge on any atom is -0.348 e. The molecule has 0 unspecified atom stereocenters. The Kier molecular flexibility index (Phi) is 3.54. The monoisotopic (exact) mass is 340 g/mol. The molecule has 0 atom stereocenters. The fourth-order valence-electron chi connectivity index (χ4n) is 2.17. The van der Waals surface area contributed by atoms with E-state index in [-0.39, 0.29) is 21.5 Å². The van der Waals surface area contributed by atoms with Crippen molar-refractivity contribution in [1.29, 1.82) is 0 Å². The van der Waals surface area contributed by atoms with Crippen LogP contribution in [0.2, 0.25) is 5.02 Å². The number of hydrogen-bond acceptors (Lipinski definition) is 3. The van der Waals surface area contributed by atoms with E-state index in [0.717, 1.165) is 17.7 Å². The van der Waals surface area contributed by atoms with E-state index in [4.69, 9.17) is 11.6 Å². The largest absolute Gasteiger partial charge is 0.348 e. The molecule has 5 nitrogen and oxygen atoms in total. The third kappa shape index (κ3) is 2.65. The van der Waals surface area contributed by atoms with E-state index in [9.17, 15) is 17.6 Å². The first-order valence-corrected chi connectivity index (χ1v) is 8.12. The lowest BCUT2D eigenvalue weighted by molar-refractivity contribution is 0.0966. The van der Waals surface area contributed by atoms with E-state index < -0.39 is 15.8 Å². The van der Waals surface area contributed by atoms with Gasteiger partial charge < -0.3 is 5.32 Å². The molecule has 0 spiro atoms. The van der Waals surface area contributed by atoms with Crippen LogP contribution in [-0.2, 0) is 16.6 Å². The van der Waals surface area contributed by atoms with Crippen molar-refractivity contribution in [3.05, 3.63) is 58.4 Å². The summed E-state index contributed by atoms with van der Waals surface area (Å²) in [5, 5.41) is 2.55. The minimum absolute atomic E-state index is 0.0900. The van der Waals surface area contributed by atoms with Crippen LogP contribution in [0.25, 0.3) is 0 Å². The molecular formula is C14H10ClFN2O3S.